The summed E-state index contributed by atoms with van der Waals surface area (Å²) < 4.78 is 13.5. The molecule has 90 valence electrons. The summed E-state index contributed by atoms with van der Waals surface area (Å²) >= 11 is 0. The number of nitriles is 1. The van der Waals surface area contributed by atoms with Crippen LogP contribution in [0, 0.1) is 17.1 Å². The summed E-state index contributed by atoms with van der Waals surface area (Å²) in [6.45, 7) is 4.47. The lowest BCUT2D eigenvalue weighted by Crippen LogP contribution is -2.43. The molecule has 1 fully saturated rings. The van der Waals surface area contributed by atoms with Crippen molar-refractivity contribution in [1.29, 1.82) is 5.26 Å². The number of benzene rings is 1. The number of rotatable bonds is 3. The fraction of sp³-hybridized carbons (Fsp3) is 0.462. The molecule has 0 spiro atoms. The summed E-state index contributed by atoms with van der Waals surface area (Å²) in [5.41, 5.74) is 1.07. The number of hydrogen-bond acceptors (Lipinski definition) is 3. The van der Waals surface area contributed by atoms with Crippen molar-refractivity contribution in [2.45, 2.75) is 25.4 Å². The van der Waals surface area contributed by atoms with Crippen molar-refractivity contribution in [3.05, 3.63) is 35.1 Å². The number of hydrogen-bond donors (Lipinski definition) is 2. The Balaban J connectivity index is 2.06. The van der Waals surface area contributed by atoms with Gasteiger partial charge in [0.25, 0.3) is 0 Å². The lowest BCUT2D eigenvalue weighted by Gasteiger charge is -2.24. The second-order valence-corrected chi connectivity index (χ2v) is 4.76. The van der Waals surface area contributed by atoms with Crippen LogP contribution in [-0.4, -0.2) is 18.6 Å². The predicted molar refractivity (Wildman–Crippen MR) is 63.8 cm³/mol. The van der Waals surface area contributed by atoms with Crippen LogP contribution in [0.15, 0.2) is 18.2 Å². The van der Waals surface area contributed by atoms with Gasteiger partial charge in [0.1, 0.15) is 5.82 Å². The van der Waals surface area contributed by atoms with Crippen LogP contribution in [0.25, 0.3) is 0 Å². The molecule has 0 radical (unpaired) electrons. The number of nitrogens with one attached hydrogen (secondary N) is 2. The van der Waals surface area contributed by atoms with Crippen molar-refractivity contribution in [3.63, 3.8) is 0 Å². The molecule has 2 rings (SSSR count). The molecule has 0 aliphatic carbocycles. The topological polar surface area (TPSA) is 47.9 Å². The summed E-state index contributed by atoms with van der Waals surface area (Å²) in [5.74, 6) is -0.258. The molecule has 1 heterocycles. The molecule has 4 heteroatoms. The zero-order chi connectivity index (χ0) is 12.3. The molecule has 0 amide bonds. The molecule has 1 aliphatic heterocycles. The highest BCUT2D eigenvalue weighted by molar-refractivity contribution is 5.33. The smallest absolute Gasteiger partial charge is 0.127 e. The third-order valence-corrected chi connectivity index (χ3v) is 3.25. The minimum Gasteiger partial charge on any atom is -0.315 e. The lowest BCUT2D eigenvalue weighted by molar-refractivity contribution is 0.382. The maximum Gasteiger partial charge on any atom is 0.127 e. The van der Waals surface area contributed by atoms with Gasteiger partial charge in [-0.1, -0.05) is 0 Å². The minimum atomic E-state index is -0.258. The summed E-state index contributed by atoms with van der Waals surface area (Å²) in [6, 6.07) is 6.48. The monoisotopic (exact) mass is 233 g/mol. The molecule has 0 bridgehead atoms. The van der Waals surface area contributed by atoms with Gasteiger partial charge >= 0.3 is 0 Å². The first-order valence-electron chi connectivity index (χ1n) is 5.77. The van der Waals surface area contributed by atoms with E-state index >= 15 is 0 Å². The van der Waals surface area contributed by atoms with Crippen LogP contribution >= 0.6 is 0 Å². The maximum atomic E-state index is 13.5. The Morgan fingerprint density at radius 2 is 2.41 bits per heavy atom. The maximum absolute atomic E-state index is 13.5. The first-order chi connectivity index (χ1) is 8.13. The predicted octanol–water partition coefficient (Wildman–Crippen LogP) is 1.54. The molecule has 17 heavy (non-hydrogen) atoms. The van der Waals surface area contributed by atoms with E-state index in [4.69, 9.17) is 5.26 Å². The molecule has 1 aromatic rings. The van der Waals surface area contributed by atoms with Crippen molar-refractivity contribution in [3.8, 4) is 6.07 Å². The first kappa shape index (κ1) is 12.0. The Bertz CT molecular complexity index is 444. The van der Waals surface area contributed by atoms with Gasteiger partial charge in [-0.25, -0.2) is 4.39 Å². The van der Waals surface area contributed by atoms with Crippen LogP contribution < -0.4 is 10.6 Å². The highest BCUT2D eigenvalue weighted by atomic mass is 19.1. The quantitative estimate of drug-likeness (QED) is 0.832. The summed E-state index contributed by atoms with van der Waals surface area (Å²) in [5, 5.41) is 15.4. The zero-order valence-corrected chi connectivity index (χ0v) is 9.89. The number of nitrogens with zero attached hydrogens (tertiary/aromatic N) is 1. The molecule has 1 atom stereocenters. The lowest BCUT2D eigenvalue weighted by atomic mass is 10.0. The van der Waals surface area contributed by atoms with E-state index in [1.165, 1.54) is 12.1 Å². The fourth-order valence-electron chi connectivity index (χ4n) is 2.06. The normalized spacial score (nSPS) is 23.6. The van der Waals surface area contributed by atoms with E-state index in [1.54, 1.807) is 6.07 Å². The van der Waals surface area contributed by atoms with E-state index in [1.807, 2.05) is 6.07 Å². The van der Waals surface area contributed by atoms with Crippen LogP contribution in [0.1, 0.15) is 24.5 Å². The van der Waals surface area contributed by atoms with Crippen LogP contribution in [0.5, 0.6) is 0 Å². The van der Waals surface area contributed by atoms with Gasteiger partial charge in [0.15, 0.2) is 0 Å². The Labute approximate surface area is 101 Å². The van der Waals surface area contributed by atoms with Crippen molar-refractivity contribution in [1.82, 2.24) is 10.6 Å². The molecule has 2 N–H and O–H groups in total. The standard InChI is InChI=1S/C13H16FN3/c1-13(4-5-16-9-13)17-8-11-6-10(7-15)2-3-12(11)14/h2-3,6,16-17H,4-5,8-9H2,1H3. The zero-order valence-electron chi connectivity index (χ0n) is 9.89. The van der Waals surface area contributed by atoms with Gasteiger partial charge in [0, 0.05) is 24.2 Å². The fourth-order valence-corrected chi connectivity index (χ4v) is 2.06. The molecule has 1 unspecified atom stereocenters. The van der Waals surface area contributed by atoms with Gasteiger partial charge in [-0.05, 0) is 38.1 Å². The van der Waals surface area contributed by atoms with Crippen molar-refractivity contribution in [2.24, 2.45) is 0 Å². The minimum absolute atomic E-state index is 0.0229. The highest BCUT2D eigenvalue weighted by Crippen LogP contribution is 2.16. The van der Waals surface area contributed by atoms with E-state index in [9.17, 15) is 4.39 Å². The Hall–Kier alpha value is -1.44. The molecule has 0 saturated carbocycles. The van der Waals surface area contributed by atoms with E-state index < -0.39 is 0 Å². The summed E-state index contributed by atoms with van der Waals surface area (Å²) in [7, 11) is 0. The van der Waals surface area contributed by atoms with E-state index in [0.29, 0.717) is 17.7 Å². The Morgan fingerprint density at radius 3 is 3.06 bits per heavy atom. The van der Waals surface area contributed by atoms with E-state index in [0.717, 1.165) is 19.5 Å². The largest absolute Gasteiger partial charge is 0.315 e. The van der Waals surface area contributed by atoms with Crippen LogP contribution in [0.2, 0.25) is 0 Å². The molecule has 3 nitrogen and oxygen atoms in total. The summed E-state index contributed by atoms with van der Waals surface area (Å²) in [4.78, 5) is 0. The SMILES string of the molecule is CC1(NCc2cc(C#N)ccc2F)CCNC1. The van der Waals surface area contributed by atoms with Crippen molar-refractivity contribution < 1.29 is 4.39 Å². The van der Waals surface area contributed by atoms with Gasteiger partial charge in [0.2, 0.25) is 0 Å². The van der Waals surface area contributed by atoms with Gasteiger partial charge in [-0.3, -0.25) is 0 Å². The van der Waals surface area contributed by atoms with Gasteiger partial charge in [0.05, 0.1) is 11.6 Å². The van der Waals surface area contributed by atoms with Crippen molar-refractivity contribution >= 4 is 0 Å². The second-order valence-electron chi connectivity index (χ2n) is 4.76. The Morgan fingerprint density at radius 1 is 1.59 bits per heavy atom. The van der Waals surface area contributed by atoms with Gasteiger partial charge in [-0.15, -0.1) is 0 Å². The Kier molecular flexibility index (Phi) is 3.41. The third-order valence-electron chi connectivity index (χ3n) is 3.25. The van der Waals surface area contributed by atoms with E-state index in [-0.39, 0.29) is 11.4 Å². The molecule has 1 aromatic carbocycles. The molecule has 1 aliphatic rings. The van der Waals surface area contributed by atoms with Crippen LogP contribution in [-0.2, 0) is 6.54 Å². The van der Waals surface area contributed by atoms with Crippen molar-refractivity contribution in [2.75, 3.05) is 13.1 Å². The van der Waals surface area contributed by atoms with E-state index in [2.05, 4.69) is 17.6 Å². The average Bonchev–Trinajstić information content (AvgIpc) is 2.76. The van der Waals surface area contributed by atoms with Crippen LogP contribution in [0.3, 0.4) is 0 Å². The third kappa shape index (κ3) is 2.82. The van der Waals surface area contributed by atoms with Gasteiger partial charge < -0.3 is 10.6 Å². The van der Waals surface area contributed by atoms with Gasteiger partial charge in [-0.2, -0.15) is 5.26 Å². The average molecular weight is 233 g/mol. The number of halogens is 1. The molecule has 0 aromatic heterocycles. The molecular weight excluding hydrogens is 217 g/mol. The molecule has 1 saturated heterocycles. The highest BCUT2D eigenvalue weighted by Gasteiger charge is 2.27. The second kappa shape index (κ2) is 4.82. The first-order valence-corrected chi connectivity index (χ1v) is 5.77. The molecular formula is C13H16FN3. The van der Waals surface area contributed by atoms with Crippen LogP contribution in [0.4, 0.5) is 4.39 Å². The summed E-state index contributed by atoms with van der Waals surface area (Å²) in [6.07, 6.45) is 1.03.